The fraction of sp³-hybridized carbons (Fsp3) is 0.267. The molecule has 0 spiro atoms. The summed E-state index contributed by atoms with van der Waals surface area (Å²) in [6.07, 6.45) is 3.39. The SMILES string of the molecule is Cc1ccccc1CCC(=O)Cc1ccco1. The van der Waals surface area contributed by atoms with Crippen LogP contribution in [-0.2, 0) is 17.6 Å². The van der Waals surface area contributed by atoms with E-state index in [2.05, 4.69) is 19.1 Å². The normalized spacial score (nSPS) is 10.4. The first kappa shape index (κ1) is 11.6. The number of carbonyl (C=O) groups is 1. The van der Waals surface area contributed by atoms with Gasteiger partial charge >= 0.3 is 0 Å². The molecule has 2 heteroatoms. The van der Waals surface area contributed by atoms with Crippen molar-refractivity contribution >= 4 is 5.78 Å². The molecular weight excluding hydrogens is 212 g/mol. The summed E-state index contributed by atoms with van der Waals surface area (Å²) in [5, 5.41) is 0. The van der Waals surface area contributed by atoms with E-state index in [1.54, 1.807) is 6.26 Å². The number of carbonyl (C=O) groups excluding carboxylic acids is 1. The summed E-state index contributed by atoms with van der Waals surface area (Å²) >= 11 is 0. The molecule has 0 saturated carbocycles. The molecule has 88 valence electrons. The largest absolute Gasteiger partial charge is 0.469 e. The van der Waals surface area contributed by atoms with Gasteiger partial charge in [0.2, 0.25) is 0 Å². The Kier molecular flexibility index (Phi) is 3.76. The van der Waals surface area contributed by atoms with Crippen molar-refractivity contribution in [3.8, 4) is 0 Å². The van der Waals surface area contributed by atoms with Crippen molar-refractivity contribution in [2.24, 2.45) is 0 Å². The maximum Gasteiger partial charge on any atom is 0.140 e. The van der Waals surface area contributed by atoms with Crippen LogP contribution in [0.2, 0.25) is 0 Å². The fourth-order valence-corrected chi connectivity index (χ4v) is 1.86. The highest BCUT2D eigenvalue weighted by molar-refractivity contribution is 5.80. The average molecular weight is 228 g/mol. The Labute approximate surface area is 101 Å². The minimum atomic E-state index is 0.225. The Morgan fingerprint density at radius 3 is 2.71 bits per heavy atom. The first-order valence-electron chi connectivity index (χ1n) is 5.84. The van der Waals surface area contributed by atoms with Gasteiger partial charge in [0.1, 0.15) is 11.5 Å². The van der Waals surface area contributed by atoms with Crippen LogP contribution >= 0.6 is 0 Å². The summed E-state index contributed by atoms with van der Waals surface area (Å²) in [6, 6.07) is 11.8. The van der Waals surface area contributed by atoms with Crippen molar-refractivity contribution in [1.29, 1.82) is 0 Å². The molecule has 0 N–H and O–H groups in total. The van der Waals surface area contributed by atoms with Crippen molar-refractivity contribution in [2.75, 3.05) is 0 Å². The number of hydrogen-bond donors (Lipinski definition) is 0. The molecule has 0 unspecified atom stereocenters. The summed E-state index contributed by atoms with van der Waals surface area (Å²) in [6.45, 7) is 2.08. The first-order chi connectivity index (χ1) is 8.25. The predicted octanol–water partition coefficient (Wildman–Crippen LogP) is 3.33. The molecule has 0 amide bonds. The lowest BCUT2D eigenvalue weighted by molar-refractivity contribution is -0.118. The average Bonchev–Trinajstić information content (AvgIpc) is 2.81. The number of Topliss-reactive ketones (excluding diaryl/α,β-unsaturated/α-hetero) is 1. The molecule has 0 radical (unpaired) electrons. The third kappa shape index (κ3) is 3.31. The van der Waals surface area contributed by atoms with Crippen LogP contribution in [0.25, 0.3) is 0 Å². The molecule has 0 bridgehead atoms. The third-order valence-corrected chi connectivity index (χ3v) is 2.89. The van der Waals surface area contributed by atoms with Gasteiger partial charge in [-0.1, -0.05) is 24.3 Å². The van der Waals surface area contributed by atoms with E-state index in [0.29, 0.717) is 12.8 Å². The molecule has 2 nitrogen and oxygen atoms in total. The Morgan fingerprint density at radius 1 is 1.18 bits per heavy atom. The first-order valence-corrected chi connectivity index (χ1v) is 5.84. The third-order valence-electron chi connectivity index (χ3n) is 2.89. The molecule has 2 rings (SSSR count). The van der Waals surface area contributed by atoms with Crippen molar-refractivity contribution in [3.63, 3.8) is 0 Å². The molecule has 1 aromatic carbocycles. The van der Waals surface area contributed by atoms with E-state index in [1.165, 1.54) is 11.1 Å². The maximum absolute atomic E-state index is 11.7. The van der Waals surface area contributed by atoms with Crippen LogP contribution in [-0.4, -0.2) is 5.78 Å². The van der Waals surface area contributed by atoms with Gasteiger partial charge in [0.05, 0.1) is 12.7 Å². The molecule has 1 heterocycles. The Bertz CT molecular complexity index is 483. The quantitative estimate of drug-likeness (QED) is 0.785. The topological polar surface area (TPSA) is 30.2 Å². The molecule has 0 atom stereocenters. The van der Waals surface area contributed by atoms with Crippen LogP contribution < -0.4 is 0 Å². The molecule has 0 aliphatic carbocycles. The number of rotatable bonds is 5. The summed E-state index contributed by atoms with van der Waals surface area (Å²) < 4.78 is 5.16. The molecule has 0 fully saturated rings. The van der Waals surface area contributed by atoms with Crippen molar-refractivity contribution in [2.45, 2.75) is 26.2 Å². The Morgan fingerprint density at radius 2 is 2.00 bits per heavy atom. The van der Waals surface area contributed by atoms with E-state index >= 15 is 0 Å². The molecule has 1 aromatic heterocycles. The van der Waals surface area contributed by atoms with E-state index < -0.39 is 0 Å². The highest BCUT2D eigenvalue weighted by atomic mass is 16.3. The molecule has 0 saturated heterocycles. The number of ketones is 1. The van der Waals surface area contributed by atoms with E-state index in [4.69, 9.17) is 4.42 Å². The number of hydrogen-bond acceptors (Lipinski definition) is 2. The lowest BCUT2D eigenvalue weighted by Gasteiger charge is -2.04. The Balaban J connectivity index is 1.86. The fourth-order valence-electron chi connectivity index (χ4n) is 1.86. The van der Waals surface area contributed by atoms with Gasteiger partial charge in [-0.25, -0.2) is 0 Å². The van der Waals surface area contributed by atoms with Crippen LogP contribution in [0, 0.1) is 6.92 Å². The maximum atomic E-state index is 11.7. The van der Waals surface area contributed by atoms with E-state index in [0.717, 1.165) is 12.2 Å². The number of benzene rings is 1. The zero-order valence-corrected chi connectivity index (χ0v) is 9.98. The van der Waals surface area contributed by atoms with Gasteiger partial charge < -0.3 is 4.42 Å². The van der Waals surface area contributed by atoms with Crippen molar-refractivity contribution in [3.05, 3.63) is 59.5 Å². The predicted molar refractivity (Wildman–Crippen MR) is 66.9 cm³/mol. The second-order valence-electron chi connectivity index (χ2n) is 4.22. The molecule has 0 aliphatic rings. The number of furan rings is 1. The molecule has 2 aromatic rings. The van der Waals surface area contributed by atoms with E-state index in [-0.39, 0.29) is 5.78 Å². The van der Waals surface area contributed by atoms with Gasteiger partial charge in [-0.05, 0) is 36.6 Å². The van der Waals surface area contributed by atoms with Crippen LogP contribution in [0.4, 0.5) is 0 Å². The molecular formula is C15H16O2. The number of aryl methyl sites for hydroxylation is 2. The molecule has 17 heavy (non-hydrogen) atoms. The van der Waals surface area contributed by atoms with Gasteiger partial charge in [-0.3, -0.25) is 4.79 Å². The summed E-state index contributed by atoms with van der Waals surface area (Å²) in [5.74, 6) is 0.975. The van der Waals surface area contributed by atoms with Gasteiger partial charge in [0, 0.05) is 6.42 Å². The second-order valence-corrected chi connectivity index (χ2v) is 4.22. The van der Waals surface area contributed by atoms with Crippen LogP contribution in [0.1, 0.15) is 23.3 Å². The Hall–Kier alpha value is -1.83. The minimum Gasteiger partial charge on any atom is -0.469 e. The lowest BCUT2D eigenvalue weighted by Crippen LogP contribution is -2.04. The van der Waals surface area contributed by atoms with Crippen LogP contribution in [0.3, 0.4) is 0 Å². The summed E-state index contributed by atoms with van der Waals surface area (Å²) in [4.78, 5) is 11.7. The van der Waals surface area contributed by atoms with Gasteiger partial charge in [0.15, 0.2) is 0 Å². The zero-order chi connectivity index (χ0) is 12.1. The van der Waals surface area contributed by atoms with Crippen LogP contribution in [0.5, 0.6) is 0 Å². The summed E-state index contributed by atoms with van der Waals surface area (Å²) in [7, 11) is 0. The minimum absolute atomic E-state index is 0.225. The van der Waals surface area contributed by atoms with Gasteiger partial charge in [-0.15, -0.1) is 0 Å². The standard InChI is InChI=1S/C15H16O2/c1-12-5-2-3-6-13(12)8-9-14(16)11-15-7-4-10-17-15/h2-7,10H,8-9,11H2,1H3. The highest BCUT2D eigenvalue weighted by Gasteiger charge is 2.07. The van der Waals surface area contributed by atoms with Crippen LogP contribution in [0.15, 0.2) is 47.1 Å². The van der Waals surface area contributed by atoms with Crippen molar-refractivity contribution in [1.82, 2.24) is 0 Å². The second kappa shape index (κ2) is 5.48. The van der Waals surface area contributed by atoms with Gasteiger partial charge in [0.25, 0.3) is 0 Å². The van der Waals surface area contributed by atoms with Crippen molar-refractivity contribution < 1.29 is 9.21 Å². The highest BCUT2D eigenvalue weighted by Crippen LogP contribution is 2.11. The summed E-state index contributed by atoms with van der Waals surface area (Å²) in [5.41, 5.74) is 2.50. The van der Waals surface area contributed by atoms with E-state index in [1.807, 2.05) is 24.3 Å². The smallest absolute Gasteiger partial charge is 0.140 e. The monoisotopic (exact) mass is 228 g/mol. The lowest BCUT2D eigenvalue weighted by atomic mass is 10.0. The van der Waals surface area contributed by atoms with E-state index in [9.17, 15) is 4.79 Å². The zero-order valence-electron chi connectivity index (χ0n) is 9.98. The molecule has 0 aliphatic heterocycles. The van der Waals surface area contributed by atoms with Gasteiger partial charge in [-0.2, -0.15) is 0 Å².